The van der Waals surface area contributed by atoms with Crippen molar-refractivity contribution < 1.29 is 34.2 Å². The lowest BCUT2D eigenvalue weighted by Crippen LogP contribution is -2.57. The second-order valence-corrected chi connectivity index (χ2v) is 11.1. The Hall–Kier alpha value is -5.21. The van der Waals surface area contributed by atoms with E-state index in [4.69, 9.17) is 11.5 Å². The molecule has 0 aliphatic heterocycles. The number of nitrogens with two attached hydrogens (primary N) is 2. The summed E-state index contributed by atoms with van der Waals surface area (Å²) in [5.41, 5.74) is 14.9. The van der Waals surface area contributed by atoms with Crippen LogP contribution in [-0.2, 0) is 36.8 Å². The number of fused-ring (bicyclic) bond motifs is 2. The predicted octanol–water partition coefficient (Wildman–Crippen LogP) is 0.904. The van der Waals surface area contributed by atoms with Crippen LogP contribution in [0.2, 0.25) is 0 Å². The van der Waals surface area contributed by atoms with E-state index in [1.807, 2.05) is 36.4 Å². The van der Waals surface area contributed by atoms with Crippen molar-refractivity contribution >= 4 is 51.5 Å². The zero-order chi connectivity index (χ0) is 33.2. The first-order valence-corrected chi connectivity index (χ1v) is 15.0. The zero-order valence-corrected chi connectivity index (χ0v) is 25.1. The summed E-state index contributed by atoms with van der Waals surface area (Å²) in [4.78, 5) is 69.7. The van der Waals surface area contributed by atoms with Crippen molar-refractivity contribution in [1.29, 1.82) is 0 Å². The van der Waals surface area contributed by atoms with Crippen LogP contribution in [0.3, 0.4) is 0 Å². The van der Waals surface area contributed by atoms with Gasteiger partial charge in [-0.05, 0) is 55.5 Å². The van der Waals surface area contributed by atoms with Crippen LogP contribution >= 0.6 is 0 Å². The molecule has 2 aromatic heterocycles. The number of hydrogen-bond donors (Lipinski definition) is 9. The Kier molecular flexibility index (Phi) is 11.5. The van der Waals surface area contributed by atoms with E-state index in [2.05, 4.69) is 25.9 Å². The summed E-state index contributed by atoms with van der Waals surface area (Å²) in [6.45, 7) is 0.347. The van der Waals surface area contributed by atoms with Gasteiger partial charge in [-0.25, -0.2) is 4.79 Å². The number of unbranched alkanes of at least 4 members (excludes halogenated alkanes) is 1. The maximum Gasteiger partial charge on any atom is 0.326 e. The highest BCUT2D eigenvalue weighted by atomic mass is 16.4. The molecule has 4 unspecified atom stereocenters. The number of carboxylic acids is 2. The number of carbonyl (C=O) groups is 5. The third-order valence-corrected chi connectivity index (χ3v) is 7.76. The lowest BCUT2D eigenvalue weighted by atomic mass is 10.0. The summed E-state index contributed by atoms with van der Waals surface area (Å²) >= 11 is 0. The molecule has 0 bridgehead atoms. The molecular formula is C32H39N7O7. The van der Waals surface area contributed by atoms with Gasteiger partial charge >= 0.3 is 11.9 Å². The van der Waals surface area contributed by atoms with Crippen molar-refractivity contribution in [2.24, 2.45) is 11.5 Å². The molecule has 0 fully saturated rings. The highest BCUT2D eigenvalue weighted by molar-refractivity contribution is 5.96. The van der Waals surface area contributed by atoms with E-state index in [0.29, 0.717) is 24.9 Å². The number of nitrogens with one attached hydrogen (secondary N) is 5. The number of hydrogen-bond acceptors (Lipinski definition) is 7. The van der Waals surface area contributed by atoms with E-state index in [0.717, 1.165) is 27.4 Å². The topological polar surface area (TPSA) is 246 Å². The molecule has 3 amide bonds. The Morgan fingerprint density at radius 2 is 1.22 bits per heavy atom. The zero-order valence-electron chi connectivity index (χ0n) is 25.1. The predicted molar refractivity (Wildman–Crippen MR) is 171 cm³/mol. The Labute approximate surface area is 264 Å². The number of carbonyl (C=O) groups excluding carboxylic acids is 3. The number of carboxylic acid groups (broad SMARTS) is 2. The first-order valence-electron chi connectivity index (χ1n) is 15.0. The molecule has 2 aromatic carbocycles. The minimum Gasteiger partial charge on any atom is -0.481 e. The highest BCUT2D eigenvalue weighted by Crippen LogP contribution is 2.20. The summed E-state index contributed by atoms with van der Waals surface area (Å²) in [5, 5.41) is 28.4. The monoisotopic (exact) mass is 633 g/mol. The molecular weight excluding hydrogens is 594 g/mol. The van der Waals surface area contributed by atoms with E-state index >= 15 is 0 Å². The lowest BCUT2D eigenvalue weighted by Gasteiger charge is -2.24. The number of rotatable bonds is 17. The Bertz CT molecular complexity index is 1700. The standard InChI is InChI=1S/C32H39N7O7/c33-12-6-5-11-25(37-29(42)22(34)13-18-16-35-23-9-3-1-7-20(18)23)30(43)38-26(15-28(40)41)31(44)39-27(32(45)46)14-19-17-36-24-10-4-2-8-21(19)24/h1-4,7-10,16-17,22,25-27,35-36H,5-6,11-15,33-34H2,(H,37,42)(H,38,43)(H,39,44)(H,40,41)(H,45,46). The summed E-state index contributed by atoms with van der Waals surface area (Å²) in [6.07, 6.45) is 3.83. The van der Waals surface area contributed by atoms with Crippen LogP contribution in [0, 0.1) is 0 Å². The maximum absolute atomic E-state index is 13.4. The molecule has 4 aromatic rings. The van der Waals surface area contributed by atoms with Gasteiger partial charge in [0.1, 0.15) is 18.1 Å². The van der Waals surface area contributed by atoms with Crippen LogP contribution in [0.25, 0.3) is 21.8 Å². The normalized spacial score (nSPS) is 13.9. The molecule has 4 atom stereocenters. The molecule has 0 saturated carbocycles. The molecule has 2 heterocycles. The van der Waals surface area contributed by atoms with E-state index in [9.17, 15) is 34.2 Å². The molecule has 14 nitrogen and oxygen atoms in total. The fourth-order valence-corrected chi connectivity index (χ4v) is 5.32. The Balaban J connectivity index is 1.45. The fraction of sp³-hybridized carbons (Fsp3) is 0.344. The summed E-state index contributed by atoms with van der Waals surface area (Å²) in [5.74, 6) is -5.15. The van der Waals surface area contributed by atoms with Crippen LogP contribution in [0.5, 0.6) is 0 Å². The van der Waals surface area contributed by atoms with Gasteiger partial charge in [0, 0.05) is 40.6 Å². The first-order chi connectivity index (χ1) is 22.1. The first kappa shape index (κ1) is 33.7. The van der Waals surface area contributed by atoms with E-state index in [1.54, 1.807) is 24.5 Å². The molecule has 0 saturated heterocycles. The van der Waals surface area contributed by atoms with Crippen molar-refractivity contribution in [3.05, 3.63) is 72.1 Å². The third kappa shape index (κ3) is 8.70. The highest BCUT2D eigenvalue weighted by Gasteiger charge is 2.32. The van der Waals surface area contributed by atoms with Gasteiger partial charge in [0.15, 0.2) is 0 Å². The number of benzene rings is 2. The molecule has 0 spiro atoms. The number of amides is 3. The van der Waals surface area contributed by atoms with Gasteiger partial charge in [-0.1, -0.05) is 36.4 Å². The quantitative estimate of drug-likeness (QED) is 0.0749. The molecule has 46 heavy (non-hydrogen) atoms. The van der Waals surface area contributed by atoms with Crippen molar-refractivity contribution in [2.75, 3.05) is 6.54 Å². The Morgan fingerprint density at radius 3 is 1.78 bits per heavy atom. The lowest BCUT2D eigenvalue weighted by molar-refractivity contribution is -0.143. The second kappa shape index (κ2) is 15.7. The molecule has 11 N–H and O–H groups in total. The van der Waals surface area contributed by atoms with Gasteiger partial charge in [0.25, 0.3) is 0 Å². The number of aliphatic carboxylic acids is 2. The van der Waals surface area contributed by atoms with Gasteiger partial charge in [0.2, 0.25) is 17.7 Å². The number of aromatic amines is 2. The van der Waals surface area contributed by atoms with Crippen molar-refractivity contribution in [1.82, 2.24) is 25.9 Å². The average molecular weight is 634 g/mol. The van der Waals surface area contributed by atoms with Crippen LogP contribution in [0.15, 0.2) is 60.9 Å². The van der Waals surface area contributed by atoms with Crippen molar-refractivity contribution in [3.8, 4) is 0 Å². The molecule has 14 heteroatoms. The molecule has 4 rings (SSSR count). The van der Waals surface area contributed by atoms with Gasteiger partial charge < -0.3 is 47.6 Å². The molecule has 244 valence electrons. The van der Waals surface area contributed by atoms with Gasteiger partial charge in [-0.15, -0.1) is 0 Å². The van der Waals surface area contributed by atoms with Crippen molar-refractivity contribution in [3.63, 3.8) is 0 Å². The Morgan fingerprint density at radius 1 is 0.696 bits per heavy atom. The van der Waals surface area contributed by atoms with Crippen LogP contribution < -0.4 is 27.4 Å². The number of H-pyrrole nitrogens is 2. The SMILES string of the molecule is NCCCCC(NC(=O)C(N)Cc1c[nH]c2ccccc12)C(=O)NC(CC(=O)O)C(=O)NC(Cc1c[nH]c2ccccc12)C(=O)O. The summed E-state index contributed by atoms with van der Waals surface area (Å²) < 4.78 is 0. The van der Waals surface area contributed by atoms with Gasteiger partial charge in [-0.2, -0.15) is 0 Å². The van der Waals surface area contributed by atoms with E-state index in [1.165, 1.54) is 0 Å². The van der Waals surface area contributed by atoms with Crippen molar-refractivity contribution in [2.45, 2.75) is 62.7 Å². The minimum absolute atomic E-state index is 0.0923. The molecule has 0 aliphatic carbocycles. The van der Waals surface area contributed by atoms with Crippen LogP contribution in [0.4, 0.5) is 0 Å². The van der Waals surface area contributed by atoms with Crippen LogP contribution in [0.1, 0.15) is 36.8 Å². The maximum atomic E-state index is 13.4. The average Bonchev–Trinajstić information content (AvgIpc) is 3.63. The largest absolute Gasteiger partial charge is 0.481 e. The number of para-hydroxylation sites is 2. The van der Waals surface area contributed by atoms with Crippen LogP contribution in [-0.4, -0.2) is 80.6 Å². The smallest absolute Gasteiger partial charge is 0.326 e. The van der Waals surface area contributed by atoms with Gasteiger partial charge in [0.05, 0.1) is 12.5 Å². The fourth-order valence-electron chi connectivity index (χ4n) is 5.32. The summed E-state index contributed by atoms with van der Waals surface area (Å²) in [7, 11) is 0. The number of aromatic nitrogens is 2. The second-order valence-electron chi connectivity index (χ2n) is 11.1. The van der Waals surface area contributed by atoms with Gasteiger partial charge in [-0.3, -0.25) is 19.2 Å². The third-order valence-electron chi connectivity index (χ3n) is 7.76. The minimum atomic E-state index is -1.62. The summed E-state index contributed by atoms with van der Waals surface area (Å²) in [6, 6.07) is 9.59. The molecule has 0 radical (unpaired) electrons. The molecule has 0 aliphatic rings. The van der Waals surface area contributed by atoms with E-state index < -0.39 is 60.2 Å². The van der Waals surface area contributed by atoms with E-state index in [-0.39, 0.29) is 19.3 Å².